The number of nitrogens with two attached hydrogens (primary N) is 1. The highest BCUT2D eigenvalue weighted by atomic mass is 19.1. The number of aryl methyl sites for hydroxylation is 1. The lowest BCUT2D eigenvalue weighted by molar-refractivity contribution is -0.156. The molecule has 13 heteroatoms. The predicted molar refractivity (Wildman–Crippen MR) is 137 cm³/mol. The van der Waals surface area contributed by atoms with Crippen LogP contribution in [0.15, 0.2) is 41.6 Å². The first-order valence-corrected chi connectivity index (χ1v) is 12.2. The largest absolute Gasteiger partial charge is 0.481 e. The van der Waals surface area contributed by atoms with E-state index in [1.54, 1.807) is 31.2 Å². The molecule has 5 rings (SSSR count). The zero-order valence-corrected chi connectivity index (χ0v) is 21.5. The van der Waals surface area contributed by atoms with Gasteiger partial charge in [-0.05, 0) is 30.7 Å². The number of aromatic nitrogens is 3. The molecule has 0 bridgehead atoms. The number of hydrogen-bond donors (Lipinski definition) is 4. The Balaban J connectivity index is 1.48. The minimum absolute atomic E-state index is 0.114. The Morgan fingerprint density at radius 3 is 2.72 bits per heavy atom. The van der Waals surface area contributed by atoms with Gasteiger partial charge in [-0.2, -0.15) is 0 Å². The molecule has 1 fully saturated rings. The highest BCUT2D eigenvalue weighted by Gasteiger charge is 2.43. The summed E-state index contributed by atoms with van der Waals surface area (Å²) in [4.78, 5) is 18.7. The zero-order chi connectivity index (χ0) is 27.7. The number of hydrogen-bond acceptors (Lipinski definition) is 11. The SMILES string of the molecule is COc1cccc(-c2cc(F)ccc2[C@H]2Cc3nc(N)nc(C)c3/C(=N/OC[C@H]3O[C@@H](OC)[C@H](O)[C@@H]3O)N2)n1. The van der Waals surface area contributed by atoms with E-state index in [4.69, 9.17) is 24.8 Å². The molecular formula is C26H29FN6O6. The normalized spacial score (nSPS) is 25.3. The van der Waals surface area contributed by atoms with Crippen molar-refractivity contribution in [2.24, 2.45) is 5.16 Å². The Morgan fingerprint density at radius 1 is 1.15 bits per heavy atom. The van der Waals surface area contributed by atoms with Crippen molar-refractivity contribution < 1.29 is 33.7 Å². The molecular weight excluding hydrogens is 511 g/mol. The van der Waals surface area contributed by atoms with Gasteiger partial charge in [-0.25, -0.2) is 19.3 Å². The molecule has 1 aromatic carbocycles. The maximum Gasteiger partial charge on any atom is 0.220 e. The number of anilines is 1. The smallest absolute Gasteiger partial charge is 0.220 e. The number of ether oxygens (including phenoxy) is 3. The van der Waals surface area contributed by atoms with E-state index < -0.39 is 36.5 Å². The number of nitrogen functional groups attached to an aromatic ring is 1. The van der Waals surface area contributed by atoms with E-state index in [0.717, 1.165) is 5.56 Å². The van der Waals surface area contributed by atoms with Crippen molar-refractivity contribution in [3.63, 3.8) is 0 Å². The van der Waals surface area contributed by atoms with Gasteiger partial charge >= 0.3 is 0 Å². The first-order chi connectivity index (χ1) is 18.8. The lowest BCUT2D eigenvalue weighted by Crippen LogP contribution is -2.38. The molecule has 0 aliphatic carbocycles. The predicted octanol–water partition coefficient (Wildman–Crippen LogP) is 1.24. The summed E-state index contributed by atoms with van der Waals surface area (Å²) in [6.07, 6.45) is -3.86. The second-order valence-corrected chi connectivity index (χ2v) is 9.18. The number of benzene rings is 1. The molecule has 0 unspecified atom stereocenters. The number of nitrogens with zero attached hydrogens (tertiary/aromatic N) is 4. The van der Waals surface area contributed by atoms with Crippen LogP contribution in [-0.4, -0.2) is 76.4 Å². The van der Waals surface area contributed by atoms with E-state index >= 15 is 0 Å². The Hall–Kier alpha value is -3.91. The maximum atomic E-state index is 14.4. The van der Waals surface area contributed by atoms with Gasteiger partial charge in [0.15, 0.2) is 12.1 Å². The topological polar surface area (TPSA) is 166 Å². The van der Waals surface area contributed by atoms with Gasteiger partial charge < -0.3 is 40.3 Å². The molecule has 1 saturated heterocycles. The molecule has 3 aromatic rings. The van der Waals surface area contributed by atoms with Crippen LogP contribution in [0.5, 0.6) is 5.88 Å². The Bertz CT molecular complexity index is 1390. The number of pyridine rings is 1. The summed E-state index contributed by atoms with van der Waals surface area (Å²) in [5, 5.41) is 27.9. The van der Waals surface area contributed by atoms with Gasteiger partial charge in [-0.15, -0.1) is 0 Å². The molecule has 2 aliphatic heterocycles. The number of amidine groups is 1. The lowest BCUT2D eigenvalue weighted by Gasteiger charge is -2.29. The van der Waals surface area contributed by atoms with Crippen LogP contribution in [0.4, 0.5) is 10.3 Å². The fourth-order valence-electron chi connectivity index (χ4n) is 4.81. The molecule has 0 radical (unpaired) electrons. The number of aliphatic hydroxyl groups is 2. The van der Waals surface area contributed by atoms with Gasteiger partial charge in [0.2, 0.25) is 11.8 Å². The zero-order valence-electron chi connectivity index (χ0n) is 21.5. The van der Waals surface area contributed by atoms with Crippen LogP contribution >= 0.6 is 0 Å². The van der Waals surface area contributed by atoms with Gasteiger partial charge in [0, 0.05) is 25.2 Å². The monoisotopic (exact) mass is 540 g/mol. The van der Waals surface area contributed by atoms with Crippen molar-refractivity contribution >= 4 is 11.8 Å². The van der Waals surface area contributed by atoms with Crippen molar-refractivity contribution in [3.8, 4) is 17.1 Å². The average Bonchev–Trinajstić information content (AvgIpc) is 3.20. The summed E-state index contributed by atoms with van der Waals surface area (Å²) < 4.78 is 30.2. The van der Waals surface area contributed by atoms with Crippen LogP contribution in [-0.2, 0) is 20.7 Å². The number of oxime groups is 1. The molecule has 0 spiro atoms. The van der Waals surface area contributed by atoms with Gasteiger partial charge in [0.25, 0.3) is 0 Å². The van der Waals surface area contributed by atoms with E-state index in [9.17, 15) is 14.6 Å². The summed E-state index contributed by atoms with van der Waals surface area (Å²) in [5.74, 6) is 0.418. The summed E-state index contributed by atoms with van der Waals surface area (Å²) >= 11 is 0. The summed E-state index contributed by atoms with van der Waals surface area (Å²) in [7, 11) is 2.88. The molecule has 5 atom stereocenters. The minimum Gasteiger partial charge on any atom is -0.481 e. The number of fused-ring (bicyclic) bond motifs is 1. The molecule has 0 saturated carbocycles. The van der Waals surface area contributed by atoms with Crippen molar-refractivity contribution in [1.82, 2.24) is 20.3 Å². The number of rotatable bonds is 7. The van der Waals surface area contributed by atoms with Crippen molar-refractivity contribution in [2.75, 3.05) is 26.6 Å². The Kier molecular flexibility index (Phi) is 7.57. The van der Waals surface area contributed by atoms with E-state index in [1.807, 2.05) is 0 Å². The third kappa shape index (κ3) is 5.34. The summed E-state index contributed by atoms with van der Waals surface area (Å²) in [6.45, 7) is 1.62. The first kappa shape index (κ1) is 26.7. The molecule has 2 aliphatic rings. The van der Waals surface area contributed by atoms with Crippen LogP contribution in [0.3, 0.4) is 0 Å². The highest BCUT2D eigenvalue weighted by Crippen LogP contribution is 2.34. The van der Waals surface area contributed by atoms with Crippen LogP contribution in [0.25, 0.3) is 11.3 Å². The molecule has 39 heavy (non-hydrogen) atoms. The van der Waals surface area contributed by atoms with Crippen LogP contribution < -0.4 is 15.8 Å². The van der Waals surface area contributed by atoms with E-state index in [1.165, 1.54) is 26.4 Å². The molecule has 5 N–H and O–H groups in total. The third-order valence-electron chi connectivity index (χ3n) is 6.67. The number of methoxy groups -OCH3 is 2. The average molecular weight is 541 g/mol. The van der Waals surface area contributed by atoms with Crippen LogP contribution in [0.2, 0.25) is 0 Å². The highest BCUT2D eigenvalue weighted by molar-refractivity contribution is 6.01. The Morgan fingerprint density at radius 2 is 1.97 bits per heavy atom. The second kappa shape index (κ2) is 11.1. The van der Waals surface area contributed by atoms with Gasteiger partial charge in [0.1, 0.15) is 30.7 Å². The van der Waals surface area contributed by atoms with Gasteiger partial charge in [-0.3, -0.25) is 0 Å². The van der Waals surface area contributed by atoms with E-state index in [2.05, 4.69) is 25.4 Å². The minimum atomic E-state index is -1.21. The number of halogens is 1. The molecule has 206 valence electrons. The molecule has 4 heterocycles. The first-order valence-electron chi connectivity index (χ1n) is 12.2. The fourth-order valence-corrected chi connectivity index (χ4v) is 4.81. The van der Waals surface area contributed by atoms with E-state index in [0.29, 0.717) is 46.3 Å². The number of nitrogens with one attached hydrogen (secondary N) is 1. The quantitative estimate of drug-likeness (QED) is 0.318. The van der Waals surface area contributed by atoms with Crippen molar-refractivity contribution in [2.45, 2.75) is 44.0 Å². The number of aliphatic hydroxyl groups excluding tert-OH is 2. The second-order valence-electron chi connectivity index (χ2n) is 9.18. The Labute approximate surface area is 223 Å². The van der Waals surface area contributed by atoms with Crippen molar-refractivity contribution in [3.05, 3.63) is 64.7 Å². The summed E-state index contributed by atoms with van der Waals surface area (Å²) in [5.41, 5.74) is 9.63. The fraction of sp³-hybridized carbons (Fsp3) is 0.385. The molecule has 0 amide bonds. The lowest BCUT2D eigenvalue weighted by atomic mass is 9.90. The van der Waals surface area contributed by atoms with E-state index in [-0.39, 0.29) is 12.6 Å². The molecule has 2 aromatic heterocycles. The van der Waals surface area contributed by atoms with Crippen molar-refractivity contribution in [1.29, 1.82) is 0 Å². The van der Waals surface area contributed by atoms with Gasteiger partial charge in [0.05, 0.1) is 35.8 Å². The summed E-state index contributed by atoms with van der Waals surface area (Å²) in [6, 6.07) is 9.32. The van der Waals surface area contributed by atoms with Gasteiger partial charge in [-0.1, -0.05) is 17.3 Å². The molecule has 12 nitrogen and oxygen atoms in total. The third-order valence-corrected chi connectivity index (χ3v) is 6.67. The van der Waals surface area contributed by atoms with Crippen LogP contribution in [0, 0.1) is 12.7 Å². The van der Waals surface area contributed by atoms with Crippen LogP contribution in [0.1, 0.15) is 28.6 Å². The standard InChI is InChI=1S/C26H29FN6O6/c1-12-21-18(32-26(28)29-12)10-17(31-24(21)33-38-11-19-22(34)23(35)25(37-3)39-19)14-8-7-13(27)9-15(14)16-5-4-6-20(30-16)36-2/h4-9,17,19,22-23,25,34-35H,10-11H2,1-3H3,(H,31,33)(H2,28,29,32)/t17-,19-,22-,23-,25-/m1/s1. The maximum absolute atomic E-state index is 14.4.